The van der Waals surface area contributed by atoms with Crippen LogP contribution in [0, 0.1) is 5.92 Å². The normalized spacial score (nSPS) is 15.4. The van der Waals surface area contributed by atoms with Crippen molar-refractivity contribution in [3.63, 3.8) is 0 Å². The molecule has 1 fully saturated rings. The summed E-state index contributed by atoms with van der Waals surface area (Å²) in [5.74, 6) is 0.549. The third kappa shape index (κ3) is 3.56. The van der Waals surface area contributed by atoms with Crippen LogP contribution < -0.4 is 10.6 Å². The molecule has 1 aliphatic heterocycles. The van der Waals surface area contributed by atoms with Crippen LogP contribution in [0.3, 0.4) is 0 Å². The van der Waals surface area contributed by atoms with Gasteiger partial charge in [-0.3, -0.25) is 9.78 Å². The van der Waals surface area contributed by atoms with Crippen LogP contribution >= 0.6 is 0 Å². The molecule has 0 radical (unpaired) electrons. The number of aromatic nitrogens is 2. The second-order valence-corrected chi connectivity index (χ2v) is 6.62. The van der Waals surface area contributed by atoms with Gasteiger partial charge in [0, 0.05) is 29.8 Å². The number of nitrogens with zero attached hydrogens (tertiary/aromatic N) is 1. The summed E-state index contributed by atoms with van der Waals surface area (Å²) in [6.45, 7) is 2.84. The van der Waals surface area contributed by atoms with Gasteiger partial charge in [-0.1, -0.05) is 6.07 Å². The fourth-order valence-electron chi connectivity index (χ4n) is 3.40. The molecular formula is C20H22N4O. The van der Waals surface area contributed by atoms with Gasteiger partial charge in [0.25, 0.3) is 5.91 Å². The van der Waals surface area contributed by atoms with Crippen molar-refractivity contribution in [1.29, 1.82) is 0 Å². The third-order valence-electron chi connectivity index (χ3n) is 4.89. The lowest BCUT2D eigenvalue weighted by atomic mass is 9.98. The number of piperidine rings is 1. The first-order valence-corrected chi connectivity index (χ1v) is 8.82. The van der Waals surface area contributed by atoms with E-state index in [9.17, 15) is 4.79 Å². The van der Waals surface area contributed by atoms with Crippen LogP contribution in [0.4, 0.5) is 0 Å². The van der Waals surface area contributed by atoms with Gasteiger partial charge in [-0.25, -0.2) is 0 Å². The number of fused-ring (bicyclic) bond motifs is 1. The number of aromatic amines is 1. The van der Waals surface area contributed by atoms with Gasteiger partial charge in [0.15, 0.2) is 0 Å². The van der Waals surface area contributed by atoms with Crippen molar-refractivity contribution in [2.45, 2.75) is 12.8 Å². The Morgan fingerprint density at radius 2 is 1.88 bits per heavy atom. The molecule has 2 aromatic heterocycles. The molecule has 0 saturated carbocycles. The van der Waals surface area contributed by atoms with Gasteiger partial charge in [0.05, 0.1) is 0 Å². The number of H-pyrrole nitrogens is 1. The Bertz CT molecular complexity index is 866. The Kier molecular flexibility index (Phi) is 4.48. The molecule has 0 unspecified atom stereocenters. The number of hydrogen-bond acceptors (Lipinski definition) is 3. The molecule has 1 aromatic carbocycles. The largest absolute Gasteiger partial charge is 0.351 e. The minimum atomic E-state index is -0.0276. The van der Waals surface area contributed by atoms with Crippen molar-refractivity contribution in [2.24, 2.45) is 5.92 Å². The average Bonchev–Trinajstić information content (AvgIpc) is 3.11. The van der Waals surface area contributed by atoms with Crippen LogP contribution in [0.5, 0.6) is 0 Å². The van der Waals surface area contributed by atoms with E-state index < -0.39 is 0 Å². The van der Waals surface area contributed by atoms with Gasteiger partial charge >= 0.3 is 0 Å². The molecule has 5 nitrogen and oxygen atoms in total. The van der Waals surface area contributed by atoms with Crippen molar-refractivity contribution >= 4 is 16.8 Å². The van der Waals surface area contributed by atoms with Crippen molar-refractivity contribution in [2.75, 3.05) is 19.6 Å². The van der Waals surface area contributed by atoms with E-state index in [0.29, 0.717) is 11.6 Å². The third-order valence-corrected chi connectivity index (χ3v) is 4.89. The smallest absolute Gasteiger partial charge is 0.267 e. The molecule has 0 spiro atoms. The van der Waals surface area contributed by atoms with Gasteiger partial charge in [0.2, 0.25) is 0 Å². The summed E-state index contributed by atoms with van der Waals surface area (Å²) in [6.07, 6.45) is 5.83. The molecule has 0 aliphatic carbocycles. The maximum atomic E-state index is 12.4. The van der Waals surface area contributed by atoms with E-state index in [0.717, 1.165) is 54.5 Å². The fourth-order valence-corrected chi connectivity index (χ4v) is 3.40. The Balaban J connectivity index is 1.49. The van der Waals surface area contributed by atoms with E-state index in [1.807, 2.05) is 24.3 Å². The summed E-state index contributed by atoms with van der Waals surface area (Å²) < 4.78 is 0. The summed E-state index contributed by atoms with van der Waals surface area (Å²) in [7, 11) is 0. The number of carbonyl (C=O) groups is 1. The van der Waals surface area contributed by atoms with Crippen LogP contribution in [0.2, 0.25) is 0 Å². The monoisotopic (exact) mass is 334 g/mol. The highest BCUT2D eigenvalue weighted by Crippen LogP contribution is 2.24. The maximum Gasteiger partial charge on any atom is 0.267 e. The summed E-state index contributed by atoms with van der Waals surface area (Å²) >= 11 is 0. The number of hydrogen-bond donors (Lipinski definition) is 3. The lowest BCUT2D eigenvalue weighted by molar-refractivity contribution is 0.0940. The highest BCUT2D eigenvalue weighted by molar-refractivity contribution is 5.98. The van der Waals surface area contributed by atoms with Gasteiger partial charge in [-0.15, -0.1) is 0 Å². The van der Waals surface area contributed by atoms with Crippen LogP contribution in [0.25, 0.3) is 22.0 Å². The number of pyridine rings is 1. The van der Waals surface area contributed by atoms with Crippen LogP contribution in [0.1, 0.15) is 23.3 Å². The molecule has 4 rings (SSSR count). The predicted molar refractivity (Wildman–Crippen MR) is 99.5 cm³/mol. The zero-order valence-electron chi connectivity index (χ0n) is 14.1. The van der Waals surface area contributed by atoms with E-state index in [2.05, 4.69) is 32.7 Å². The summed E-state index contributed by atoms with van der Waals surface area (Å²) in [5, 5.41) is 7.46. The molecule has 25 heavy (non-hydrogen) atoms. The minimum absolute atomic E-state index is 0.0276. The van der Waals surface area contributed by atoms with Gasteiger partial charge in [-0.2, -0.15) is 0 Å². The zero-order valence-corrected chi connectivity index (χ0v) is 14.1. The number of nitrogens with one attached hydrogen (secondary N) is 3. The van der Waals surface area contributed by atoms with Crippen LogP contribution in [-0.2, 0) is 0 Å². The quantitative estimate of drug-likeness (QED) is 0.687. The van der Waals surface area contributed by atoms with Crippen LogP contribution in [-0.4, -0.2) is 35.5 Å². The first-order valence-electron chi connectivity index (χ1n) is 8.82. The second kappa shape index (κ2) is 7.07. The van der Waals surface area contributed by atoms with Crippen molar-refractivity contribution in [1.82, 2.24) is 20.6 Å². The summed E-state index contributed by atoms with van der Waals surface area (Å²) in [5.41, 5.74) is 3.84. The Labute approximate surface area is 146 Å². The number of carbonyl (C=O) groups excluding carboxylic acids is 1. The van der Waals surface area contributed by atoms with Crippen LogP contribution in [0.15, 0.2) is 48.8 Å². The molecule has 3 N–H and O–H groups in total. The first kappa shape index (κ1) is 15.8. The average molecular weight is 334 g/mol. The number of amides is 1. The Morgan fingerprint density at radius 1 is 1.08 bits per heavy atom. The molecule has 3 aromatic rings. The van der Waals surface area contributed by atoms with E-state index in [1.54, 1.807) is 12.4 Å². The fraction of sp³-hybridized carbons (Fsp3) is 0.300. The van der Waals surface area contributed by atoms with E-state index in [-0.39, 0.29) is 5.91 Å². The molecule has 1 aliphatic rings. The van der Waals surface area contributed by atoms with Crippen molar-refractivity contribution in [3.8, 4) is 11.1 Å². The van der Waals surface area contributed by atoms with E-state index in [1.165, 1.54) is 0 Å². The number of rotatable bonds is 4. The maximum absolute atomic E-state index is 12.4. The molecule has 128 valence electrons. The SMILES string of the molecule is O=C(NCC1CCNCC1)c1cc2cc(-c3ccncc3)ccc2[nH]1. The Morgan fingerprint density at radius 3 is 2.68 bits per heavy atom. The van der Waals surface area contributed by atoms with Crippen molar-refractivity contribution in [3.05, 3.63) is 54.5 Å². The van der Waals surface area contributed by atoms with Gasteiger partial charge < -0.3 is 15.6 Å². The molecular weight excluding hydrogens is 312 g/mol. The molecule has 5 heteroatoms. The highest BCUT2D eigenvalue weighted by Gasteiger charge is 2.15. The topological polar surface area (TPSA) is 69.8 Å². The van der Waals surface area contributed by atoms with E-state index >= 15 is 0 Å². The van der Waals surface area contributed by atoms with Gasteiger partial charge in [0.1, 0.15) is 5.69 Å². The van der Waals surface area contributed by atoms with Gasteiger partial charge in [-0.05, 0) is 73.3 Å². The highest BCUT2D eigenvalue weighted by atomic mass is 16.1. The summed E-state index contributed by atoms with van der Waals surface area (Å²) in [6, 6.07) is 12.1. The first-order chi connectivity index (χ1) is 12.3. The summed E-state index contributed by atoms with van der Waals surface area (Å²) in [4.78, 5) is 19.7. The molecule has 3 heterocycles. The van der Waals surface area contributed by atoms with Crippen molar-refractivity contribution < 1.29 is 4.79 Å². The Hall–Kier alpha value is -2.66. The number of benzene rings is 1. The zero-order chi connectivity index (χ0) is 17.1. The standard InChI is InChI=1S/C20H22N4O/c25-20(23-13-14-3-7-21-8-4-14)19-12-17-11-16(1-2-18(17)24-19)15-5-9-22-10-6-15/h1-2,5-6,9-12,14,21,24H,3-4,7-8,13H2,(H,23,25). The molecule has 1 saturated heterocycles. The second-order valence-electron chi connectivity index (χ2n) is 6.62. The molecule has 0 bridgehead atoms. The molecule has 0 atom stereocenters. The minimum Gasteiger partial charge on any atom is -0.351 e. The lowest BCUT2D eigenvalue weighted by Gasteiger charge is -2.22. The van der Waals surface area contributed by atoms with E-state index in [4.69, 9.17) is 0 Å². The lowest BCUT2D eigenvalue weighted by Crippen LogP contribution is -2.36. The molecule has 1 amide bonds. The predicted octanol–water partition coefficient (Wildman–Crippen LogP) is 2.96.